The standard InChI is InChI=1S/C35H44O10/c1-21-7-14-27-22(2)32(42-33-35(27)26(21)17-18-34(3,43-33)44-45-35)41-20-19-40-25-12-8-23(9-13-25)28(36)15-10-24-11-16-29(37-4)31(39-6)30(24)38-5/h8-13,15-16,21-22,26-27,32-33H,7,14,17-20H2,1-6H3/b15-10+/t21-,22-,26+,27+,32+,33-,34-,35-/m1/s1. The third-order valence-electron chi connectivity index (χ3n) is 10.0. The molecule has 5 aliphatic rings. The van der Waals surface area contributed by atoms with E-state index in [1.165, 1.54) is 6.08 Å². The molecule has 2 aromatic rings. The molecule has 1 spiro atoms. The van der Waals surface area contributed by atoms with Gasteiger partial charge >= 0.3 is 0 Å². The SMILES string of the molecule is COc1ccc(/C=C/C(=O)c2ccc(OCCO[C@H]3O[C@@H]4O[C@@]5(C)CC[C@H]6[C@H](C)CC[C@@H]([C@H]3C)[C@@]46OO5)cc2)c(OC)c1OC. The molecule has 1 aliphatic carbocycles. The minimum atomic E-state index is -0.814. The molecule has 4 heterocycles. The van der Waals surface area contributed by atoms with Gasteiger partial charge in [0.15, 0.2) is 35.5 Å². The first kappa shape index (κ1) is 31.8. The second-order valence-corrected chi connectivity index (χ2v) is 12.6. The zero-order chi connectivity index (χ0) is 31.8. The minimum absolute atomic E-state index is 0.100. The van der Waals surface area contributed by atoms with E-state index in [2.05, 4.69) is 13.8 Å². The highest BCUT2D eigenvalue weighted by Gasteiger charge is 2.69. The smallest absolute Gasteiger partial charge is 0.203 e. The molecule has 4 saturated heterocycles. The molecule has 2 aromatic carbocycles. The van der Waals surface area contributed by atoms with Crippen molar-refractivity contribution in [3.63, 3.8) is 0 Å². The number of hydrogen-bond donors (Lipinski definition) is 0. The van der Waals surface area contributed by atoms with Gasteiger partial charge in [-0.25, -0.2) is 9.78 Å². The maximum atomic E-state index is 12.9. The Morgan fingerprint density at radius 2 is 1.69 bits per heavy atom. The summed E-state index contributed by atoms with van der Waals surface area (Å²) in [4.78, 5) is 25.0. The fourth-order valence-electron chi connectivity index (χ4n) is 7.62. The zero-order valence-electron chi connectivity index (χ0n) is 26.9. The summed E-state index contributed by atoms with van der Waals surface area (Å²) in [5, 5.41) is 0. The van der Waals surface area contributed by atoms with Crippen LogP contribution in [0.15, 0.2) is 42.5 Å². The number of rotatable bonds is 11. The molecule has 5 fully saturated rings. The molecule has 0 aromatic heterocycles. The lowest BCUT2D eigenvalue weighted by Gasteiger charge is -2.60. The molecule has 244 valence electrons. The Morgan fingerprint density at radius 3 is 2.42 bits per heavy atom. The molecular weight excluding hydrogens is 580 g/mol. The largest absolute Gasteiger partial charge is 0.493 e. The summed E-state index contributed by atoms with van der Waals surface area (Å²) >= 11 is 0. The zero-order valence-corrected chi connectivity index (χ0v) is 26.9. The minimum Gasteiger partial charge on any atom is -0.493 e. The van der Waals surface area contributed by atoms with Gasteiger partial charge in [-0.15, -0.1) is 0 Å². The van der Waals surface area contributed by atoms with E-state index in [1.807, 2.05) is 13.0 Å². The Labute approximate surface area is 264 Å². The number of ether oxygens (including phenoxy) is 7. The van der Waals surface area contributed by atoms with E-state index in [1.54, 1.807) is 57.7 Å². The van der Waals surface area contributed by atoms with Gasteiger partial charge in [-0.2, -0.15) is 0 Å². The van der Waals surface area contributed by atoms with Gasteiger partial charge < -0.3 is 33.2 Å². The van der Waals surface area contributed by atoms with Crippen LogP contribution in [0.4, 0.5) is 0 Å². The second kappa shape index (κ2) is 12.9. The topological polar surface area (TPSA) is 100 Å². The van der Waals surface area contributed by atoms with Gasteiger partial charge in [-0.1, -0.05) is 13.8 Å². The first-order chi connectivity index (χ1) is 21.7. The Morgan fingerprint density at radius 1 is 0.911 bits per heavy atom. The first-order valence-electron chi connectivity index (χ1n) is 15.8. The highest BCUT2D eigenvalue weighted by molar-refractivity contribution is 6.07. The number of carbonyl (C=O) groups is 1. The Hall–Kier alpha value is -3.15. The fraction of sp³-hybridized carbons (Fsp3) is 0.571. The molecule has 4 aliphatic heterocycles. The second-order valence-electron chi connectivity index (χ2n) is 12.6. The van der Waals surface area contributed by atoms with Gasteiger partial charge in [-0.3, -0.25) is 4.79 Å². The summed E-state index contributed by atoms with van der Waals surface area (Å²) in [5.41, 5.74) is 0.622. The molecule has 0 amide bonds. The van der Waals surface area contributed by atoms with Crippen LogP contribution in [0.5, 0.6) is 23.0 Å². The highest BCUT2D eigenvalue weighted by atomic mass is 17.3. The maximum Gasteiger partial charge on any atom is 0.203 e. The molecule has 10 heteroatoms. The van der Waals surface area contributed by atoms with Crippen molar-refractivity contribution in [1.82, 2.24) is 0 Å². The molecule has 0 radical (unpaired) electrons. The van der Waals surface area contributed by atoms with E-state index in [0.29, 0.717) is 59.2 Å². The van der Waals surface area contributed by atoms with Gasteiger partial charge in [0.05, 0.1) is 27.9 Å². The quantitative estimate of drug-likeness (QED) is 0.124. The number of benzene rings is 2. The molecule has 45 heavy (non-hydrogen) atoms. The maximum absolute atomic E-state index is 12.9. The van der Waals surface area contributed by atoms with Crippen molar-refractivity contribution < 1.29 is 47.7 Å². The number of ketones is 1. The Kier molecular flexibility index (Phi) is 9.14. The first-order valence-corrected chi connectivity index (χ1v) is 15.8. The van der Waals surface area contributed by atoms with Crippen LogP contribution in [0.3, 0.4) is 0 Å². The Bertz CT molecular complexity index is 1390. The summed E-state index contributed by atoms with van der Waals surface area (Å²) < 4.78 is 41.3. The van der Waals surface area contributed by atoms with Crippen molar-refractivity contribution in [2.45, 2.75) is 70.4 Å². The number of fused-ring (bicyclic) bond motifs is 2. The Balaban J connectivity index is 1.03. The van der Waals surface area contributed by atoms with Gasteiger partial charge in [-0.05, 0) is 86.6 Å². The monoisotopic (exact) mass is 624 g/mol. The highest BCUT2D eigenvalue weighted by Crippen LogP contribution is 2.60. The predicted molar refractivity (Wildman–Crippen MR) is 164 cm³/mol. The number of methoxy groups -OCH3 is 3. The van der Waals surface area contributed by atoms with Crippen molar-refractivity contribution in [1.29, 1.82) is 0 Å². The van der Waals surface area contributed by atoms with Crippen LogP contribution >= 0.6 is 0 Å². The molecule has 0 N–H and O–H groups in total. The summed E-state index contributed by atoms with van der Waals surface area (Å²) in [6.07, 6.45) is 6.14. The lowest BCUT2D eigenvalue weighted by molar-refractivity contribution is -0.577. The molecule has 2 bridgehead atoms. The van der Waals surface area contributed by atoms with E-state index in [4.69, 9.17) is 42.9 Å². The molecule has 1 saturated carbocycles. The van der Waals surface area contributed by atoms with Crippen molar-refractivity contribution in [3.05, 3.63) is 53.6 Å². The van der Waals surface area contributed by atoms with Gasteiger partial charge in [0.1, 0.15) is 12.4 Å². The number of allylic oxidation sites excluding steroid dienone is 1. The predicted octanol–water partition coefficient (Wildman–Crippen LogP) is 6.21. The molecule has 0 unspecified atom stereocenters. The normalized spacial score (nSPS) is 33.7. The van der Waals surface area contributed by atoms with Crippen molar-refractivity contribution in [2.24, 2.45) is 23.7 Å². The average molecular weight is 625 g/mol. The summed E-state index contributed by atoms with van der Waals surface area (Å²) in [6.45, 7) is 7.07. The van der Waals surface area contributed by atoms with Gasteiger partial charge in [0.2, 0.25) is 11.5 Å². The van der Waals surface area contributed by atoms with Crippen LogP contribution in [0.25, 0.3) is 6.08 Å². The van der Waals surface area contributed by atoms with Crippen molar-refractivity contribution in [2.75, 3.05) is 34.5 Å². The van der Waals surface area contributed by atoms with Crippen LogP contribution in [0.2, 0.25) is 0 Å². The van der Waals surface area contributed by atoms with E-state index in [9.17, 15) is 4.79 Å². The van der Waals surface area contributed by atoms with Crippen LogP contribution < -0.4 is 18.9 Å². The van der Waals surface area contributed by atoms with Crippen molar-refractivity contribution >= 4 is 11.9 Å². The number of carbonyl (C=O) groups excluding carboxylic acids is 1. The number of hydrogen-bond acceptors (Lipinski definition) is 10. The van der Waals surface area contributed by atoms with Crippen molar-refractivity contribution in [3.8, 4) is 23.0 Å². The summed E-state index contributed by atoms with van der Waals surface area (Å²) in [6, 6.07) is 10.6. The van der Waals surface area contributed by atoms with E-state index in [0.717, 1.165) is 25.7 Å². The summed E-state index contributed by atoms with van der Waals surface area (Å²) in [7, 11) is 4.64. The van der Waals surface area contributed by atoms with Gasteiger partial charge in [0.25, 0.3) is 0 Å². The van der Waals surface area contributed by atoms with Crippen LogP contribution in [0.1, 0.15) is 62.4 Å². The molecule has 8 atom stereocenters. The van der Waals surface area contributed by atoms with Gasteiger partial charge in [0, 0.05) is 29.4 Å². The van der Waals surface area contributed by atoms with E-state index < -0.39 is 24.0 Å². The van der Waals surface area contributed by atoms with E-state index in [-0.39, 0.29) is 17.6 Å². The molecule has 10 nitrogen and oxygen atoms in total. The third kappa shape index (κ3) is 5.83. The molecular formula is C35H44O10. The van der Waals surface area contributed by atoms with Crippen LogP contribution in [0, 0.1) is 23.7 Å². The lowest BCUT2D eigenvalue weighted by atomic mass is 9.58. The fourth-order valence-corrected chi connectivity index (χ4v) is 7.62. The average Bonchev–Trinajstić information content (AvgIpc) is 3.29. The molecule has 7 rings (SSSR count). The van der Waals surface area contributed by atoms with Crippen LogP contribution in [-0.4, -0.2) is 64.3 Å². The third-order valence-corrected chi connectivity index (χ3v) is 10.0. The van der Waals surface area contributed by atoms with Crippen LogP contribution in [-0.2, 0) is 24.0 Å². The lowest BCUT2D eigenvalue weighted by Crippen LogP contribution is -2.70. The summed E-state index contributed by atoms with van der Waals surface area (Å²) in [5.74, 6) is 2.31. The van der Waals surface area contributed by atoms with E-state index >= 15 is 0 Å².